The van der Waals surface area contributed by atoms with E-state index in [1.165, 1.54) is 0 Å². The number of benzene rings is 1. The summed E-state index contributed by atoms with van der Waals surface area (Å²) in [5.74, 6) is 0.788. The van der Waals surface area contributed by atoms with Crippen LogP contribution in [0.1, 0.15) is 25.3 Å². The molecule has 1 aromatic rings. The zero-order valence-electron chi connectivity index (χ0n) is 11.5. The van der Waals surface area contributed by atoms with Crippen LogP contribution in [0.25, 0.3) is 0 Å². The van der Waals surface area contributed by atoms with Crippen LogP contribution >= 0.6 is 0 Å². The highest BCUT2D eigenvalue weighted by Gasteiger charge is 2.27. The number of rotatable bonds is 4. The van der Waals surface area contributed by atoms with Gasteiger partial charge in [-0.05, 0) is 43.5 Å². The molecule has 2 heterocycles. The van der Waals surface area contributed by atoms with E-state index >= 15 is 0 Å². The summed E-state index contributed by atoms with van der Waals surface area (Å²) in [5.41, 5.74) is 0.956. The third-order valence-corrected chi connectivity index (χ3v) is 5.39. The summed E-state index contributed by atoms with van der Waals surface area (Å²) in [6.45, 7) is 3.19. The number of hydrogen-bond donors (Lipinski definition) is 1. The molecule has 0 saturated carbocycles. The highest BCUT2D eigenvalue weighted by Crippen LogP contribution is 2.28. The molecule has 1 fully saturated rings. The summed E-state index contributed by atoms with van der Waals surface area (Å²) in [4.78, 5) is 0.298. The molecular formula is C14H19NO4S. The normalized spacial score (nSPS) is 23.4. The quantitative estimate of drug-likeness (QED) is 0.914. The SMILES string of the molecule is C[C@H](NS(=O)(=O)c1ccc2c(c1)CCO2)[C@H]1CCCO1. The molecule has 0 aliphatic carbocycles. The van der Waals surface area contributed by atoms with Gasteiger partial charge in [-0.1, -0.05) is 0 Å². The number of hydrogen-bond acceptors (Lipinski definition) is 4. The maximum Gasteiger partial charge on any atom is 0.240 e. The molecule has 5 nitrogen and oxygen atoms in total. The van der Waals surface area contributed by atoms with E-state index in [1.807, 2.05) is 6.92 Å². The lowest BCUT2D eigenvalue weighted by Crippen LogP contribution is -2.40. The van der Waals surface area contributed by atoms with Crippen molar-refractivity contribution in [1.29, 1.82) is 0 Å². The number of fused-ring (bicyclic) bond motifs is 1. The Morgan fingerprint density at radius 3 is 2.95 bits per heavy atom. The smallest absolute Gasteiger partial charge is 0.240 e. The number of nitrogens with one attached hydrogen (secondary N) is 1. The highest BCUT2D eigenvalue weighted by atomic mass is 32.2. The van der Waals surface area contributed by atoms with Gasteiger partial charge < -0.3 is 9.47 Å². The first-order chi connectivity index (χ1) is 9.56. The monoisotopic (exact) mass is 297 g/mol. The van der Waals surface area contributed by atoms with E-state index in [9.17, 15) is 8.42 Å². The predicted molar refractivity (Wildman–Crippen MR) is 74.4 cm³/mol. The van der Waals surface area contributed by atoms with E-state index in [0.29, 0.717) is 18.1 Å². The molecule has 0 amide bonds. The molecule has 0 bridgehead atoms. The van der Waals surface area contributed by atoms with Crippen molar-refractivity contribution >= 4 is 10.0 Å². The zero-order chi connectivity index (χ0) is 14.2. The number of ether oxygens (including phenoxy) is 2. The maximum atomic E-state index is 12.4. The lowest BCUT2D eigenvalue weighted by Gasteiger charge is -2.20. The van der Waals surface area contributed by atoms with Crippen molar-refractivity contribution in [2.75, 3.05) is 13.2 Å². The standard InChI is InChI=1S/C14H19NO4S/c1-10(13-3-2-7-18-13)15-20(16,17)12-4-5-14-11(9-12)6-8-19-14/h4-5,9-10,13,15H,2-3,6-8H2,1H3/t10-,13+/m0/s1. The molecule has 20 heavy (non-hydrogen) atoms. The van der Waals surface area contributed by atoms with Crippen molar-refractivity contribution < 1.29 is 17.9 Å². The fourth-order valence-corrected chi connectivity index (χ4v) is 4.04. The van der Waals surface area contributed by atoms with Gasteiger partial charge in [-0.3, -0.25) is 0 Å². The van der Waals surface area contributed by atoms with Crippen molar-refractivity contribution in [2.45, 2.75) is 43.2 Å². The Labute approximate surface area is 119 Å². The highest BCUT2D eigenvalue weighted by molar-refractivity contribution is 7.89. The van der Waals surface area contributed by atoms with Crippen LogP contribution in [0.15, 0.2) is 23.1 Å². The van der Waals surface area contributed by atoms with Gasteiger partial charge in [0.2, 0.25) is 10.0 Å². The van der Waals surface area contributed by atoms with Crippen LogP contribution in [-0.2, 0) is 21.2 Å². The minimum atomic E-state index is -3.50. The fourth-order valence-electron chi connectivity index (χ4n) is 2.72. The van der Waals surface area contributed by atoms with Crippen LogP contribution in [0.2, 0.25) is 0 Å². The molecular weight excluding hydrogens is 278 g/mol. The van der Waals surface area contributed by atoms with Crippen molar-refractivity contribution in [1.82, 2.24) is 4.72 Å². The first-order valence-electron chi connectivity index (χ1n) is 6.96. The molecule has 6 heteroatoms. The Balaban J connectivity index is 1.77. The second-order valence-corrected chi connectivity index (χ2v) is 7.04. The van der Waals surface area contributed by atoms with Gasteiger partial charge in [-0.15, -0.1) is 0 Å². The molecule has 110 valence electrons. The van der Waals surface area contributed by atoms with E-state index in [1.54, 1.807) is 18.2 Å². The van der Waals surface area contributed by atoms with Crippen LogP contribution in [0.3, 0.4) is 0 Å². The lowest BCUT2D eigenvalue weighted by atomic mass is 10.1. The average molecular weight is 297 g/mol. The predicted octanol–water partition coefficient (Wildman–Crippen LogP) is 1.47. The van der Waals surface area contributed by atoms with E-state index in [2.05, 4.69) is 4.72 Å². The van der Waals surface area contributed by atoms with Crippen molar-refractivity contribution in [3.05, 3.63) is 23.8 Å². The summed E-state index contributed by atoms with van der Waals surface area (Å²) in [5, 5.41) is 0. The van der Waals surface area contributed by atoms with Gasteiger partial charge in [0.25, 0.3) is 0 Å². The molecule has 0 radical (unpaired) electrons. The van der Waals surface area contributed by atoms with Crippen LogP contribution in [0.4, 0.5) is 0 Å². The second-order valence-electron chi connectivity index (χ2n) is 5.33. The Bertz CT molecular complexity index is 593. The third-order valence-electron chi connectivity index (χ3n) is 3.83. The van der Waals surface area contributed by atoms with Crippen molar-refractivity contribution in [3.63, 3.8) is 0 Å². The molecule has 0 aromatic heterocycles. The van der Waals surface area contributed by atoms with E-state index in [-0.39, 0.29) is 12.1 Å². The molecule has 1 aromatic carbocycles. The van der Waals surface area contributed by atoms with E-state index < -0.39 is 10.0 Å². The number of sulfonamides is 1. The summed E-state index contributed by atoms with van der Waals surface area (Å²) in [7, 11) is -3.50. The molecule has 1 saturated heterocycles. The molecule has 0 unspecified atom stereocenters. The van der Waals surface area contributed by atoms with Gasteiger partial charge in [0.1, 0.15) is 5.75 Å². The molecule has 3 rings (SSSR count). The summed E-state index contributed by atoms with van der Waals surface area (Å²) in [6.07, 6.45) is 2.64. The Morgan fingerprint density at radius 1 is 1.35 bits per heavy atom. The molecule has 2 aliphatic rings. The second kappa shape index (κ2) is 5.35. The minimum absolute atomic E-state index is 0.0254. The van der Waals surface area contributed by atoms with Gasteiger partial charge >= 0.3 is 0 Å². The molecule has 2 aliphatic heterocycles. The summed E-state index contributed by atoms with van der Waals surface area (Å²) in [6, 6.07) is 4.81. The molecule has 0 spiro atoms. The Hall–Kier alpha value is -1.11. The largest absolute Gasteiger partial charge is 0.493 e. The third kappa shape index (κ3) is 2.68. The Morgan fingerprint density at radius 2 is 2.20 bits per heavy atom. The van der Waals surface area contributed by atoms with E-state index in [4.69, 9.17) is 9.47 Å². The zero-order valence-corrected chi connectivity index (χ0v) is 12.3. The molecule has 1 N–H and O–H groups in total. The Kier molecular flexibility index (Phi) is 3.70. The average Bonchev–Trinajstić information content (AvgIpc) is 3.08. The topological polar surface area (TPSA) is 64.6 Å². The van der Waals surface area contributed by atoms with Gasteiger partial charge in [0.05, 0.1) is 17.6 Å². The van der Waals surface area contributed by atoms with Crippen molar-refractivity contribution in [3.8, 4) is 5.75 Å². The van der Waals surface area contributed by atoms with E-state index in [0.717, 1.165) is 30.6 Å². The van der Waals surface area contributed by atoms with Gasteiger partial charge in [-0.25, -0.2) is 13.1 Å². The van der Waals surface area contributed by atoms with Crippen molar-refractivity contribution in [2.24, 2.45) is 0 Å². The first-order valence-corrected chi connectivity index (χ1v) is 8.44. The van der Waals surface area contributed by atoms with Crippen LogP contribution in [-0.4, -0.2) is 33.8 Å². The van der Waals surface area contributed by atoms with Gasteiger partial charge in [0.15, 0.2) is 0 Å². The van der Waals surface area contributed by atoms with Gasteiger partial charge in [-0.2, -0.15) is 0 Å². The van der Waals surface area contributed by atoms with Crippen LogP contribution < -0.4 is 9.46 Å². The van der Waals surface area contributed by atoms with Crippen LogP contribution in [0, 0.1) is 0 Å². The van der Waals surface area contributed by atoms with Crippen LogP contribution in [0.5, 0.6) is 5.75 Å². The fraction of sp³-hybridized carbons (Fsp3) is 0.571. The molecule has 2 atom stereocenters. The maximum absolute atomic E-state index is 12.4. The minimum Gasteiger partial charge on any atom is -0.493 e. The summed E-state index contributed by atoms with van der Waals surface area (Å²) >= 11 is 0. The lowest BCUT2D eigenvalue weighted by molar-refractivity contribution is 0.0902. The van der Waals surface area contributed by atoms with Gasteiger partial charge in [0, 0.05) is 19.1 Å². The first kappa shape index (κ1) is 13.9. The summed E-state index contributed by atoms with van der Waals surface area (Å²) < 4.78 is 38.4.